The van der Waals surface area contributed by atoms with Gasteiger partial charge in [0, 0.05) is 13.2 Å². The first-order chi connectivity index (χ1) is 12.0. The van der Waals surface area contributed by atoms with E-state index in [-0.39, 0.29) is 18.6 Å². The lowest BCUT2D eigenvalue weighted by molar-refractivity contribution is -0.123. The van der Waals surface area contributed by atoms with Crippen LogP contribution in [0.4, 0.5) is 0 Å². The van der Waals surface area contributed by atoms with Gasteiger partial charge in [0.25, 0.3) is 5.91 Å². The third-order valence-corrected chi connectivity index (χ3v) is 3.24. The lowest BCUT2D eigenvalue weighted by Gasteiger charge is -2.16. The van der Waals surface area contributed by atoms with Crippen LogP contribution in [0.2, 0.25) is 0 Å². The molecule has 1 atom stereocenters. The van der Waals surface area contributed by atoms with E-state index in [4.69, 9.17) is 26.4 Å². The van der Waals surface area contributed by atoms with E-state index in [9.17, 15) is 4.79 Å². The zero-order valence-electron chi connectivity index (χ0n) is 14.9. The first-order valence-corrected chi connectivity index (χ1v) is 8.18. The third kappa shape index (κ3) is 7.86. The number of rotatable bonds is 8. The van der Waals surface area contributed by atoms with Crippen LogP contribution in [-0.4, -0.2) is 44.5 Å². The van der Waals surface area contributed by atoms with Gasteiger partial charge in [-0.3, -0.25) is 15.6 Å². The van der Waals surface area contributed by atoms with Crippen LogP contribution in [0.1, 0.15) is 19.4 Å². The highest BCUT2D eigenvalue weighted by atomic mass is 32.1. The van der Waals surface area contributed by atoms with Crippen LogP contribution in [0, 0.1) is 0 Å². The van der Waals surface area contributed by atoms with Crippen LogP contribution in [0.5, 0.6) is 11.5 Å². The molecule has 8 heteroatoms. The second kappa shape index (κ2) is 11.3. The van der Waals surface area contributed by atoms with Crippen molar-refractivity contribution >= 4 is 29.3 Å². The summed E-state index contributed by atoms with van der Waals surface area (Å²) in [5.41, 5.74) is 6.05. The van der Waals surface area contributed by atoms with Gasteiger partial charge in [-0.15, -0.1) is 0 Å². The fourth-order valence-electron chi connectivity index (χ4n) is 1.96. The molecule has 25 heavy (non-hydrogen) atoms. The second-order valence-electron chi connectivity index (χ2n) is 5.20. The first kappa shape index (κ1) is 20.7. The highest BCUT2D eigenvalue weighted by Crippen LogP contribution is 2.28. The van der Waals surface area contributed by atoms with Crippen molar-refractivity contribution in [3.8, 4) is 11.5 Å². The number of carbonyl (C=O) groups excluding carboxylic acids is 1. The molecule has 138 valence electrons. The molecule has 1 rings (SSSR count). The van der Waals surface area contributed by atoms with Gasteiger partial charge < -0.3 is 19.5 Å². The van der Waals surface area contributed by atoms with Crippen molar-refractivity contribution in [2.45, 2.75) is 19.9 Å². The Labute approximate surface area is 153 Å². The second-order valence-corrected chi connectivity index (χ2v) is 5.61. The third-order valence-electron chi connectivity index (χ3n) is 3.02. The monoisotopic (exact) mass is 367 g/mol. The molecule has 7 nitrogen and oxygen atoms in total. The van der Waals surface area contributed by atoms with E-state index < -0.39 is 0 Å². The Hall–Kier alpha value is -2.32. The maximum Gasteiger partial charge on any atom is 0.276 e. The number of thiocarbonyl (C=S) groups is 1. The number of benzene rings is 1. The van der Waals surface area contributed by atoms with Gasteiger partial charge in [0.05, 0.1) is 13.7 Å². The Kier molecular flexibility index (Phi) is 9.34. The molecule has 0 aromatic heterocycles. The summed E-state index contributed by atoms with van der Waals surface area (Å²) in [7, 11) is 3.15. The van der Waals surface area contributed by atoms with Crippen LogP contribution in [-0.2, 0) is 9.53 Å². The standard InChI is InChI=1S/C17H25N3O4S/c1-5-6-13-7-8-14(15(9-13)23-4)24-11-16(21)19-20-17(25)18-12(2)10-22-3/h5-9,12H,10-11H2,1-4H3,(H,19,21)(H2,18,20,25)/b6-5+/t12-/m0/s1. The van der Waals surface area contributed by atoms with Crippen LogP contribution in [0.25, 0.3) is 6.08 Å². The van der Waals surface area contributed by atoms with Crippen molar-refractivity contribution in [3.05, 3.63) is 29.8 Å². The minimum Gasteiger partial charge on any atom is -0.493 e. The average Bonchev–Trinajstić information content (AvgIpc) is 2.59. The minimum atomic E-state index is -0.372. The topological polar surface area (TPSA) is 80.9 Å². The summed E-state index contributed by atoms with van der Waals surface area (Å²) in [6, 6.07) is 5.50. The van der Waals surface area contributed by atoms with Gasteiger partial charge in [0.2, 0.25) is 0 Å². The van der Waals surface area contributed by atoms with Crippen molar-refractivity contribution in [3.63, 3.8) is 0 Å². The lowest BCUT2D eigenvalue weighted by Crippen LogP contribution is -2.50. The number of hydrogen-bond acceptors (Lipinski definition) is 5. The molecule has 0 heterocycles. The molecular formula is C17H25N3O4S. The Bertz CT molecular complexity index is 608. The van der Waals surface area contributed by atoms with Crippen molar-refractivity contribution in [2.75, 3.05) is 27.4 Å². The van der Waals surface area contributed by atoms with Crippen molar-refractivity contribution in [1.82, 2.24) is 16.2 Å². The summed E-state index contributed by atoms with van der Waals surface area (Å²) in [6.07, 6.45) is 3.88. The molecule has 1 aromatic rings. The van der Waals surface area contributed by atoms with Crippen LogP contribution >= 0.6 is 12.2 Å². The predicted octanol–water partition coefficient (Wildman–Crippen LogP) is 1.64. The molecule has 0 aliphatic heterocycles. The summed E-state index contributed by atoms with van der Waals surface area (Å²) in [4.78, 5) is 11.8. The summed E-state index contributed by atoms with van der Waals surface area (Å²) >= 11 is 5.06. The summed E-state index contributed by atoms with van der Waals surface area (Å²) in [6.45, 7) is 4.17. The number of amides is 1. The Morgan fingerprint density at radius 1 is 1.28 bits per heavy atom. The number of hydrazine groups is 1. The normalized spacial score (nSPS) is 11.7. The Morgan fingerprint density at radius 3 is 2.68 bits per heavy atom. The molecule has 1 amide bonds. The fraction of sp³-hybridized carbons (Fsp3) is 0.412. The molecule has 0 aliphatic carbocycles. The van der Waals surface area contributed by atoms with E-state index >= 15 is 0 Å². The summed E-state index contributed by atoms with van der Waals surface area (Å²) in [5, 5.41) is 3.26. The van der Waals surface area contributed by atoms with Crippen molar-refractivity contribution in [2.24, 2.45) is 0 Å². The van der Waals surface area contributed by atoms with E-state index in [1.54, 1.807) is 20.3 Å². The van der Waals surface area contributed by atoms with Crippen LogP contribution in [0.3, 0.4) is 0 Å². The van der Waals surface area contributed by atoms with Crippen molar-refractivity contribution in [1.29, 1.82) is 0 Å². The zero-order valence-corrected chi connectivity index (χ0v) is 15.7. The van der Waals surface area contributed by atoms with E-state index in [1.165, 1.54) is 0 Å². The number of nitrogens with one attached hydrogen (secondary N) is 3. The Morgan fingerprint density at radius 2 is 2.04 bits per heavy atom. The largest absolute Gasteiger partial charge is 0.493 e. The molecule has 0 fully saturated rings. The number of ether oxygens (including phenoxy) is 3. The molecule has 0 saturated carbocycles. The number of carbonyl (C=O) groups is 1. The summed E-state index contributed by atoms with van der Waals surface area (Å²) in [5.74, 6) is 0.672. The summed E-state index contributed by atoms with van der Waals surface area (Å²) < 4.78 is 15.8. The molecule has 0 bridgehead atoms. The van der Waals surface area contributed by atoms with Gasteiger partial charge in [-0.25, -0.2) is 0 Å². The zero-order chi connectivity index (χ0) is 18.7. The highest BCUT2D eigenvalue weighted by molar-refractivity contribution is 7.80. The molecule has 0 spiro atoms. The van der Waals surface area contributed by atoms with E-state index in [1.807, 2.05) is 38.1 Å². The average molecular weight is 367 g/mol. The van der Waals surface area contributed by atoms with E-state index in [0.717, 1.165) is 5.56 Å². The number of methoxy groups -OCH3 is 2. The maximum absolute atomic E-state index is 11.8. The number of hydrogen-bond donors (Lipinski definition) is 3. The molecule has 1 aromatic carbocycles. The predicted molar refractivity (Wildman–Crippen MR) is 102 cm³/mol. The maximum atomic E-state index is 11.8. The lowest BCUT2D eigenvalue weighted by atomic mass is 10.2. The first-order valence-electron chi connectivity index (χ1n) is 7.78. The van der Waals surface area contributed by atoms with Gasteiger partial charge in [-0.1, -0.05) is 18.2 Å². The quantitative estimate of drug-likeness (QED) is 0.476. The van der Waals surface area contributed by atoms with Gasteiger partial charge in [-0.2, -0.15) is 0 Å². The molecule has 0 aliphatic rings. The molecule has 0 unspecified atom stereocenters. The van der Waals surface area contributed by atoms with Gasteiger partial charge in [0.1, 0.15) is 0 Å². The Balaban J connectivity index is 2.45. The molecule has 0 saturated heterocycles. The van der Waals surface area contributed by atoms with E-state index in [2.05, 4.69) is 16.2 Å². The smallest absolute Gasteiger partial charge is 0.276 e. The highest BCUT2D eigenvalue weighted by Gasteiger charge is 2.09. The van der Waals surface area contributed by atoms with Gasteiger partial charge >= 0.3 is 0 Å². The van der Waals surface area contributed by atoms with Crippen LogP contribution in [0.15, 0.2) is 24.3 Å². The van der Waals surface area contributed by atoms with E-state index in [0.29, 0.717) is 23.2 Å². The van der Waals surface area contributed by atoms with Gasteiger partial charge in [-0.05, 0) is 43.8 Å². The molecular weight excluding hydrogens is 342 g/mol. The SMILES string of the molecule is C/C=C/c1ccc(OCC(=O)NNC(=S)N[C@@H](C)COC)c(OC)c1. The molecule has 0 radical (unpaired) electrons. The van der Waals surface area contributed by atoms with Crippen LogP contribution < -0.4 is 25.6 Å². The number of allylic oxidation sites excluding steroid dienone is 1. The molecule has 3 N–H and O–H groups in total. The van der Waals surface area contributed by atoms with Gasteiger partial charge in [0.15, 0.2) is 23.2 Å². The minimum absolute atomic E-state index is 0.0260. The van der Waals surface area contributed by atoms with Crippen molar-refractivity contribution < 1.29 is 19.0 Å². The fourth-order valence-corrected chi connectivity index (χ4v) is 2.21.